The van der Waals surface area contributed by atoms with Gasteiger partial charge in [-0.1, -0.05) is 25.1 Å². The smallest absolute Gasteiger partial charge is 0.323 e. The zero-order valence-electron chi connectivity index (χ0n) is 18.6. The second kappa shape index (κ2) is 11.2. The number of nitrogens with one attached hydrogen (secondary N) is 4. The molecule has 4 N–H and O–H groups in total. The Bertz CT molecular complexity index is 917. The van der Waals surface area contributed by atoms with Crippen LogP contribution in [0.25, 0.3) is 0 Å². The Morgan fingerprint density at radius 1 is 0.938 bits per heavy atom. The monoisotopic (exact) mass is 437 g/mol. The molecule has 1 fully saturated rings. The van der Waals surface area contributed by atoms with Crippen molar-refractivity contribution in [1.29, 1.82) is 0 Å². The molecule has 2 atom stereocenters. The highest BCUT2D eigenvalue weighted by atomic mass is 16.2. The summed E-state index contributed by atoms with van der Waals surface area (Å²) in [6, 6.07) is 15.6. The first-order valence-corrected chi connectivity index (χ1v) is 11.0. The Morgan fingerprint density at radius 2 is 1.53 bits per heavy atom. The van der Waals surface area contributed by atoms with Gasteiger partial charge in [-0.05, 0) is 62.6 Å². The molecule has 2 aromatic carbocycles. The van der Waals surface area contributed by atoms with E-state index in [-0.39, 0.29) is 29.9 Å². The van der Waals surface area contributed by atoms with E-state index in [0.29, 0.717) is 30.2 Å². The fraction of sp³-hybridized carbons (Fsp3) is 0.375. The number of carbonyl (C=O) groups excluding carboxylic acids is 3. The van der Waals surface area contributed by atoms with Gasteiger partial charge in [-0.15, -0.1) is 0 Å². The highest BCUT2D eigenvalue weighted by molar-refractivity contribution is 6.00. The first kappa shape index (κ1) is 23.1. The van der Waals surface area contributed by atoms with Gasteiger partial charge >= 0.3 is 12.1 Å². The molecule has 1 saturated heterocycles. The molecule has 2 unspecified atom stereocenters. The maximum absolute atomic E-state index is 12.7. The molecule has 170 valence electrons. The minimum Gasteiger partial charge on any atom is -0.353 e. The van der Waals surface area contributed by atoms with Crippen molar-refractivity contribution in [2.24, 2.45) is 5.92 Å². The Hall–Kier alpha value is -3.55. The molecule has 2 aromatic rings. The number of likely N-dealkylation sites (tertiary alicyclic amines) is 1. The van der Waals surface area contributed by atoms with Crippen molar-refractivity contribution in [2.75, 3.05) is 29.0 Å². The van der Waals surface area contributed by atoms with Crippen molar-refractivity contribution in [3.63, 3.8) is 0 Å². The van der Waals surface area contributed by atoms with Gasteiger partial charge < -0.3 is 26.2 Å². The third-order valence-electron chi connectivity index (χ3n) is 5.51. The predicted molar refractivity (Wildman–Crippen MR) is 127 cm³/mol. The van der Waals surface area contributed by atoms with Crippen LogP contribution in [0.15, 0.2) is 54.6 Å². The number of piperidine rings is 1. The van der Waals surface area contributed by atoms with Crippen molar-refractivity contribution in [2.45, 2.75) is 39.2 Å². The Kier molecular flexibility index (Phi) is 8.08. The standard InChI is InChI=1S/C24H31N5O3/c1-3-17(2)25-22(30)18-8-7-15-29(16-18)24(32)28-21-13-11-20(12-14-21)27-23(31)26-19-9-5-4-6-10-19/h4-6,9-14,17-18H,3,7-8,15-16H2,1-2H3,(H,25,30)(H,28,32)(H2,26,27,31). The van der Waals surface area contributed by atoms with Crippen molar-refractivity contribution < 1.29 is 14.4 Å². The molecule has 1 aliphatic rings. The van der Waals surface area contributed by atoms with Crippen molar-refractivity contribution in [3.05, 3.63) is 54.6 Å². The minimum atomic E-state index is -0.344. The Labute approximate surface area is 188 Å². The van der Waals surface area contributed by atoms with E-state index in [1.54, 1.807) is 41.3 Å². The topological polar surface area (TPSA) is 103 Å². The number of anilines is 3. The maximum Gasteiger partial charge on any atom is 0.323 e. The summed E-state index contributed by atoms with van der Waals surface area (Å²) in [7, 11) is 0. The first-order valence-electron chi connectivity index (χ1n) is 11.0. The Morgan fingerprint density at radius 3 is 2.16 bits per heavy atom. The third-order valence-corrected chi connectivity index (χ3v) is 5.51. The maximum atomic E-state index is 12.7. The van der Waals surface area contributed by atoms with Gasteiger partial charge in [0, 0.05) is 36.2 Å². The van der Waals surface area contributed by atoms with Gasteiger partial charge in [0.1, 0.15) is 0 Å². The van der Waals surface area contributed by atoms with Gasteiger partial charge in [0.15, 0.2) is 0 Å². The number of benzene rings is 2. The lowest BCUT2D eigenvalue weighted by atomic mass is 9.97. The van der Waals surface area contributed by atoms with Gasteiger partial charge in [0.25, 0.3) is 0 Å². The van der Waals surface area contributed by atoms with E-state index in [1.165, 1.54) is 0 Å². The Balaban J connectivity index is 1.49. The van der Waals surface area contributed by atoms with E-state index < -0.39 is 0 Å². The number of urea groups is 2. The molecular formula is C24H31N5O3. The molecule has 3 rings (SSSR count). The number of carbonyl (C=O) groups is 3. The zero-order chi connectivity index (χ0) is 22.9. The van der Waals surface area contributed by atoms with Crippen LogP contribution in [0.2, 0.25) is 0 Å². The third kappa shape index (κ3) is 6.73. The van der Waals surface area contributed by atoms with Crippen molar-refractivity contribution >= 4 is 35.0 Å². The quantitative estimate of drug-likeness (QED) is 0.535. The van der Waals surface area contributed by atoms with Gasteiger partial charge in [0.2, 0.25) is 5.91 Å². The number of hydrogen-bond acceptors (Lipinski definition) is 3. The number of rotatable bonds is 6. The molecule has 0 saturated carbocycles. The van der Waals surface area contributed by atoms with Crippen LogP contribution in [0, 0.1) is 5.92 Å². The van der Waals surface area contributed by atoms with Crippen LogP contribution in [0.1, 0.15) is 33.1 Å². The van der Waals surface area contributed by atoms with Crippen LogP contribution in [0.3, 0.4) is 0 Å². The summed E-state index contributed by atoms with van der Waals surface area (Å²) in [5.41, 5.74) is 1.93. The molecule has 0 spiro atoms. The lowest BCUT2D eigenvalue weighted by molar-refractivity contribution is -0.126. The summed E-state index contributed by atoms with van der Waals surface area (Å²) < 4.78 is 0. The normalized spacial score (nSPS) is 16.6. The average molecular weight is 438 g/mol. The van der Waals surface area contributed by atoms with Gasteiger partial charge in [-0.3, -0.25) is 4.79 Å². The fourth-order valence-corrected chi connectivity index (χ4v) is 3.49. The largest absolute Gasteiger partial charge is 0.353 e. The average Bonchev–Trinajstić information content (AvgIpc) is 2.81. The van der Waals surface area contributed by atoms with Gasteiger partial charge in [0.05, 0.1) is 5.92 Å². The van der Waals surface area contributed by atoms with Gasteiger partial charge in [-0.2, -0.15) is 0 Å². The summed E-state index contributed by atoms with van der Waals surface area (Å²) in [6.45, 7) is 5.04. The molecule has 32 heavy (non-hydrogen) atoms. The molecule has 0 bridgehead atoms. The van der Waals surface area contributed by atoms with E-state index in [4.69, 9.17) is 0 Å². The summed E-state index contributed by atoms with van der Waals surface area (Å²) in [5.74, 6) is -0.167. The molecule has 8 nitrogen and oxygen atoms in total. The van der Waals surface area contributed by atoms with Crippen LogP contribution < -0.4 is 21.3 Å². The fourth-order valence-electron chi connectivity index (χ4n) is 3.49. The molecule has 1 aliphatic heterocycles. The second-order valence-corrected chi connectivity index (χ2v) is 8.06. The molecule has 5 amide bonds. The summed E-state index contributed by atoms with van der Waals surface area (Å²) in [4.78, 5) is 38.9. The number of nitrogens with zero attached hydrogens (tertiary/aromatic N) is 1. The highest BCUT2D eigenvalue weighted by Gasteiger charge is 2.28. The van der Waals surface area contributed by atoms with Crippen molar-refractivity contribution in [1.82, 2.24) is 10.2 Å². The lowest BCUT2D eigenvalue weighted by Gasteiger charge is -2.32. The summed E-state index contributed by atoms with van der Waals surface area (Å²) >= 11 is 0. The summed E-state index contributed by atoms with van der Waals surface area (Å²) in [5, 5.41) is 11.4. The highest BCUT2D eigenvalue weighted by Crippen LogP contribution is 2.19. The van der Waals surface area contributed by atoms with Crippen LogP contribution in [-0.2, 0) is 4.79 Å². The van der Waals surface area contributed by atoms with E-state index in [0.717, 1.165) is 19.3 Å². The van der Waals surface area contributed by atoms with Crippen molar-refractivity contribution in [3.8, 4) is 0 Å². The van der Waals surface area contributed by atoms with Gasteiger partial charge in [-0.25, -0.2) is 9.59 Å². The van der Waals surface area contributed by atoms with Crippen LogP contribution in [0.5, 0.6) is 0 Å². The molecular weight excluding hydrogens is 406 g/mol. The molecule has 0 aliphatic carbocycles. The molecule has 0 aromatic heterocycles. The van der Waals surface area contributed by atoms with Crippen LogP contribution in [-0.4, -0.2) is 42.0 Å². The van der Waals surface area contributed by atoms with Crippen LogP contribution >= 0.6 is 0 Å². The zero-order valence-corrected chi connectivity index (χ0v) is 18.6. The van der Waals surface area contributed by atoms with E-state index in [2.05, 4.69) is 21.3 Å². The molecule has 1 heterocycles. The minimum absolute atomic E-state index is 0.0149. The second-order valence-electron chi connectivity index (χ2n) is 8.06. The number of amides is 5. The van der Waals surface area contributed by atoms with E-state index in [9.17, 15) is 14.4 Å². The first-order chi connectivity index (χ1) is 15.4. The molecule has 8 heteroatoms. The lowest BCUT2D eigenvalue weighted by Crippen LogP contribution is -2.48. The number of hydrogen-bond donors (Lipinski definition) is 4. The van der Waals surface area contributed by atoms with E-state index in [1.807, 2.05) is 32.0 Å². The SMILES string of the molecule is CCC(C)NC(=O)C1CCCN(C(=O)Nc2ccc(NC(=O)Nc3ccccc3)cc2)C1. The number of para-hydroxylation sites is 1. The molecule has 0 radical (unpaired) electrons. The van der Waals surface area contributed by atoms with E-state index >= 15 is 0 Å². The summed E-state index contributed by atoms with van der Waals surface area (Å²) in [6.07, 6.45) is 2.46. The predicted octanol–water partition coefficient (Wildman–Crippen LogP) is 4.49. The van der Waals surface area contributed by atoms with Crippen LogP contribution in [0.4, 0.5) is 26.7 Å².